The molecular formula is C98H199NO40. The Balaban J connectivity index is 3.67. The zero-order valence-corrected chi connectivity index (χ0v) is 86.4. The Hall–Kier alpha value is -1.64. The molecule has 0 aliphatic rings. The van der Waals surface area contributed by atoms with Crippen LogP contribution in [0.4, 0.5) is 0 Å². The van der Waals surface area contributed by atoms with Crippen molar-refractivity contribution in [1.29, 1.82) is 0 Å². The summed E-state index contributed by atoms with van der Waals surface area (Å²) >= 11 is 0. The Morgan fingerprint density at radius 3 is 0.288 bits per heavy atom. The topological polar surface area (TPSA) is 394 Å². The van der Waals surface area contributed by atoms with Gasteiger partial charge in [0.1, 0.15) is 0 Å². The van der Waals surface area contributed by atoms with E-state index in [-0.39, 0.29) is 13.2 Å². The first kappa shape index (κ1) is 137. The number of hydrogen-bond donors (Lipinski definition) is 2. The molecule has 139 heavy (non-hydrogen) atoms. The van der Waals surface area contributed by atoms with E-state index in [1.54, 1.807) is 0 Å². The number of hydrogen-bond acceptors (Lipinski definition) is 41. The minimum Gasteiger partial charge on any atom is -0.394 e. The Morgan fingerprint density at radius 1 is 0.101 bits per heavy atom. The van der Waals surface area contributed by atoms with E-state index in [9.17, 15) is 0 Å². The molecule has 2 N–H and O–H groups in total. The SMILES string of the molecule is CCCCCCCCCCCCCCCCCCN(CCOCCOCCOCCOCCOCCOCCOCCOCCOCCOCCOCCOCCOCCOCCOCCOCCOCCOCCOCCO)CCOCCOCCOCCOCCOCCOCCOCCOCCOCCOCCOCCOCCOCCOCCOCCOCCOCCOCCOCCO. The van der Waals surface area contributed by atoms with Gasteiger partial charge in [-0.1, -0.05) is 103 Å². The van der Waals surface area contributed by atoms with Gasteiger partial charge in [-0.25, -0.2) is 0 Å². The molecular weight excluding hydrogens is 1830 g/mol. The maximum atomic E-state index is 8.64. The van der Waals surface area contributed by atoms with Crippen molar-refractivity contribution in [2.45, 2.75) is 110 Å². The van der Waals surface area contributed by atoms with Crippen LogP contribution in [0.5, 0.6) is 0 Å². The van der Waals surface area contributed by atoms with Crippen LogP contribution in [0.25, 0.3) is 0 Å². The van der Waals surface area contributed by atoms with Crippen LogP contribution in [0.3, 0.4) is 0 Å². The average Bonchev–Trinajstić information content (AvgIpc) is 0.990. The second-order valence-corrected chi connectivity index (χ2v) is 30.9. The van der Waals surface area contributed by atoms with Gasteiger partial charge in [-0.15, -0.1) is 0 Å². The molecule has 41 heteroatoms. The molecule has 0 bridgehead atoms. The first-order chi connectivity index (χ1) is 69.3. The van der Waals surface area contributed by atoms with E-state index in [0.29, 0.717) is 502 Å². The van der Waals surface area contributed by atoms with E-state index in [4.69, 9.17) is 190 Å². The van der Waals surface area contributed by atoms with Crippen LogP contribution in [0.1, 0.15) is 110 Å². The van der Waals surface area contributed by atoms with E-state index in [1.165, 1.54) is 103 Å². The van der Waals surface area contributed by atoms with Crippen molar-refractivity contribution in [3.05, 3.63) is 0 Å². The Morgan fingerprint density at radius 2 is 0.187 bits per heavy atom. The third-order valence-electron chi connectivity index (χ3n) is 19.3. The molecule has 0 fully saturated rings. The van der Waals surface area contributed by atoms with Crippen molar-refractivity contribution in [1.82, 2.24) is 4.90 Å². The van der Waals surface area contributed by atoms with Gasteiger partial charge >= 0.3 is 0 Å². The molecule has 0 aromatic rings. The summed E-state index contributed by atoms with van der Waals surface area (Å²) in [6, 6.07) is 0. The lowest BCUT2D eigenvalue weighted by molar-refractivity contribution is -0.0314. The highest BCUT2D eigenvalue weighted by Gasteiger charge is 2.09. The summed E-state index contributed by atoms with van der Waals surface area (Å²) in [6.45, 7) is 41.9. The summed E-state index contributed by atoms with van der Waals surface area (Å²) in [4.78, 5) is 2.46. The second kappa shape index (κ2) is 134. The number of nitrogens with zero attached hydrogens (tertiary/aromatic N) is 1. The Labute approximate surface area is 836 Å². The predicted octanol–water partition coefficient (Wildman–Crippen LogP) is 6.17. The van der Waals surface area contributed by atoms with Gasteiger partial charge in [0.25, 0.3) is 0 Å². The maximum Gasteiger partial charge on any atom is 0.0701 e. The van der Waals surface area contributed by atoms with Gasteiger partial charge in [0.15, 0.2) is 0 Å². The van der Waals surface area contributed by atoms with Gasteiger partial charge < -0.3 is 190 Å². The number of ether oxygens (including phenoxy) is 38. The average molecular weight is 2030 g/mol. The van der Waals surface area contributed by atoms with Gasteiger partial charge in [-0.3, -0.25) is 4.90 Å². The monoisotopic (exact) mass is 2030 g/mol. The fourth-order valence-corrected chi connectivity index (χ4v) is 11.9. The number of unbranched alkanes of at least 4 members (excludes halogenated alkanes) is 15. The van der Waals surface area contributed by atoms with Gasteiger partial charge in [-0.05, 0) is 13.0 Å². The Bertz CT molecular complexity index is 1970. The minimum atomic E-state index is 0.0151. The van der Waals surface area contributed by atoms with Crippen LogP contribution in [0.15, 0.2) is 0 Å². The zero-order valence-electron chi connectivity index (χ0n) is 86.4. The van der Waals surface area contributed by atoms with E-state index >= 15 is 0 Å². The highest BCUT2D eigenvalue weighted by atomic mass is 16.6. The van der Waals surface area contributed by atoms with E-state index < -0.39 is 0 Å². The van der Waals surface area contributed by atoms with Crippen LogP contribution in [0, 0.1) is 0 Å². The molecule has 0 aliphatic carbocycles. The first-order valence-electron chi connectivity index (χ1n) is 52.2. The lowest BCUT2D eigenvalue weighted by Gasteiger charge is -2.22. The summed E-state index contributed by atoms with van der Waals surface area (Å²) < 4.78 is 211. The summed E-state index contributed by atoms with van der Waals surface area (Å²) in [5, 5.41) is 17.3. The van der Waals surface area contributed by atoms with Gasteiger partial charge in [0, 0.05) is 13.1 Å². The molecule has 0 aromatic carbocycles. The standard InChI is InChI=1S/C98H199NO40/c1-2-3-4-5-6-7-8-9-10-11-12-13-14-15-16-17-18-99(19-23-102-27-31-106-35-39-110-43-47-114-51-55-118-59-63-122-67-71-126-75-79-130-83-87-134-91-95-138-97-93-136-89-85-132-81-77-128-73-69-124-65-61-120-57-53-116-49-45-112-41-37-108-33-29-104-25-21-100)20-24-103-28-32-107-36-40-111-44-48-115-52-56-119-60-64-123-68-72-127-76-80-131-84-88-135-92-96-139-98-94-137-90-86-133-82-78-129-74-70-125-66-62-121-58-54-117-50-46-113-42-38-109-34-30-105-26-22-101/h100-101H,2-98H2,1H3. The van der Waals surface area contributed by atoms with Crippen LogP contribution >= 0.6 is 0 Å². The van der Waals surface area contributed by atoms with Crippen molar-refractivity contribution in [3.63, 3.8) is 0 Å². The lowest BCUT2D eigenvalue weighted by Crippen LogP contribution is -2.32. The molecule has 0 saturated heterocycles. The van der Waals surface area contributed by atoms with Gasteiger partial charge in [0.2, 0.25) is 0 Å². The van der Waals surface area contributed by atoms with Crippen molar-refractivity contribution in [2.75, 3.05) is 535 Å². The highest BCUT2D eigenvalue weighted by molar-refractivity contribution is 4.60. The minimum absolute atomic E-state index is 0.0151. The molecule has 0 atom stereocenters. The summed E-state index contributed by atoms with van der Waals surface area (Å²) in [7, 11) is 0. The van der Waals surface area contributed by atoms with Crippen molar-refractivity contribution in [3.8, 4) is 0 Å². The van der Waals surface area contributed by atoms with Crippen molar-refractivity contribution >= 4 is 0 Å². The highest BCUT2D eigenvalue weighted by Crippen LogP contribution is 2.15. The summed E-state index contributed by atoms with van der Waals surface area (Å²) in [6.07, 6.45) is 21.7. The number of aliphatic hydroxyl groups excluding tert-OH is 2. The van der Waals surface area contributed by atoms with Gasteiger partial charge in [0.05, 0.1) is 515 Å². The molecule has 0 heterocycles. The molecule has 0 aromatic heterocycles. The maximum absolute atomic E-state index is 8.64. The fraction of sp³-hybridized carbons (Fsp3) is 1.00. The second-order valence-electron chi connectivity index (χ2n) is 30.9. The van der Waals surface area contributed by atoms with E-state index in [2.05, 4.69) is 11.8 Å². The number of rotatable bonds is 135. The fourth-order valence-electron chi connectivity index (χ4n) is 11.9. The number of aliphatic hydroxyl groups is 2. The van der Waals surface area contributed by atoms with Gasteiger partial charge in [-0.2, -0.15) is 0 Å². The third-order valence-corrected chi connectivity index (χ3v) is 19.3. The van der Waals surface area contributed by atoms with Crippen molar-refractivity contribution < 1.29 is 190 Å². The molecule has 0 unspecified atom stereocenters. The summed E-state index contributed by atoms with van der Waals surface area (Å²) in [5.74, 6) is 0. The molecule has 0 amide bonds. The lowest BCUT2D eigenvalue weighted by atomic mass is 10.0. The van der Waals surface area contributed by atoms with Crippen LogP contribution < -0.4 is 0 Å². The zero-order chi connectivity index (χ0) is 99.0. The first-order valence-corrected chi connectivity index (χ1v) is 52.2. The Kier molecular flexibility index (Phi) is 133. The van der Waals surface area contributed by atoms with Crippen molar-refractivity contribution in [2.24, 2.45) is 0 Å². The molecule has 0 saturated carbocycles. The molecule has 836 valence electrons. The normalized spacial score (nSPS) is 11.9. The molecule has 0 rings (SSSR count). The van der Waals surface area contributed by atoms with E-state index in [0.717, 1.165) is 19.6 Å². The molecule has 0 radical (unpaired) electrons. The molecule has 41 nitrogen and oxygen atoms in total. The molecule has 0 spiro atoms. The third kappa shape index (κ3) is 132. The van der Waals surface area contributed by atoms with E-state index in [1.807, 2.05) is 0 Å². The smallest absolute Gasteiger partial charge is 0.0701 e. The van der Waals surface area contributed by atoms with Crippen LogP contribution in [0.2, 0.25) is 0 Å². The summed E-state index contributed by atoms with van der Waals surface area (Å²) in [5.41, 5.74) is 0. The van der Waals surface area contributed by atoms with Crippen LogP contribution in [-0.4, -0.2) is 550 Å². The predicted molar refractivity (Wildman–Crippen MR) is 521 cm³/mol. The molecule has 0 aliphatic heterocycles. The van der Waals surface area contributed by atoms with Crippen LogP contribution in [-0.2, 0) is 180 Å². The quantitative estimate of drug-likeness (QED) is 0.0643. The largest absolute Gasteiger partial charge is 0.394 e.